The van der Waals surface area contributed by atoms with Crippen LogP contribution in [0, 0.1) is 21.7 Å². The predicted octanol–water partition coefficient (Wildman–Crippen LogP) is 3.65. The van der Waals surface area contributed by atoms with Gasteiger partial charge in [-0.2, -0.15) is 0 Å². The summed E-state index contributed by atoms with van der Waals surface area (Å²) in [5.41, 5.74) is 0.558. The molecule has 1 atom stereocenters. The largest absolute Gasteiger partial charge is 0.292 e. The summed E-state index contributed by atoms with van der Waals surface area (Å²) < 4.78 is 27.1. The average molecular weight is 336 g/mol. The molecule has 0 saturated carbocycles. The number of non-ortho nitro benzene ring substituents is 1. The normalized spacial score (nSPS) is 17.6. The van der Waals surface area contributed by atoms with E-state index in [2.05, 4.69) is 0 Å². The van der Waals surface area contributed by atoms with Crippen LogP contribution in [0.25, 0.3) is 0 Å². The summed E-state index contributed by atoms with van der Waals surface area (Å²) >= 11 is 1.28. The number of hydrogen-bond donors (Lipinski definition) is 0. The molecule has 2 aromatic carbocycles. The van der Waals surface area contributed by atoms with Crippen LogP contribution in [0.1, 0.15) is 10.9 Å². The summed E-state index contributed by atoms with van der Waals surface area (Å²) in [4.78, 5) is 23.5. The number of rotatable bonds is 3. The summed E-state index contributed by atoms with van der Waals surface area (Å²) in [6.45, 7) is 0. The average Bonchev–Trinajstić information content (AvgIpc) is 2.89. The van der Waals surface area contributed by atoms with E-state index in [1.807, 2.05) is 0 Å². The monoisotopic (exact) mass is 336 g/mol. The zero-order valence-corrected chi connectivity index (χ0v) is 12.4. The Kier molecular flexibility index (Phi) is 3.99. The van der Waals surface area contributed by atoms with Gasteiger partial charge in [0.25, 0.3) is 5.69 Å². The molecule has 8 heteroatoms. The second-order valence-corrected chi connectivity index (χ2v) is 5.94. The Hall–Kier alpha value is -2.48. The highest BCUT2D eigenvalue weighted by molar-refractivity contribution is 8.00. The van der Waals surface area contributed by atoms with Gasteiger partial charge in [0.15, 0.2) is 0 Å². The highest BCUT2D eigenvalue weighted by atomic mass is 32.2. The molecule has 1 saturated heterocycles. The summed E-state index contributed by atoms with van der Waals surface area (Å²) in [5.74, 6) is -1.70. The Morgan fingerprint density at radius 3 is 2.48 bits per heavy atom. The standard InChI is InChI=1S/C15H10F2N2O3S/c16-10-3-6-13(12(17)7-10)18-14(20)8-23-15(18)9-1-4-11(5-2-9)19(21)22/h1-7,15H,8H2/t15-/m1/s1. The SMILES string of the molecule is O=C1CS[C@H](c2ccc([N+](=O)[O-])cc2)N1c1ccc(F)cc1F. The molecule has 1 aliphatic rings. The van der Waals surface area contributed by atoms with Crippen LogP contribution in [-0.4, -0.2) is 16.6 Å². The molecule has 0 aromatic heterocycles. The fraction of sp³-hybridized carbons (Fsp3) is 0.133. The Labute approximate surface area is 134 Å². The number of benzene rings is 2. The number of halogens is 2. The van der Waals surface area contributed by atoms with Gasteiger partial charge >= 0.3 is 0 Å². The number of anilines is 1. The molecular formula is C15H10F2N2O3S. The van der Waals surface area contributed by atoms with Crippen LogP contribution >= 0.6 is 11.8 Å². The first-order valence-corrected chi connectivity index (χ1v) is 7.65. The second kappa shape index (κ2) is 5.96. The van der Waals surface area contributed by atoms with Gasteiger partial charge in [-0.05, 0) is 29.8 Å². The quantitative estimate of drug-likeness (QED) is 0.634. The van der Waals surface area contributed by atoms with E-state index in [4.69, 9.17) is 0 Å². The number of thioether (sulfide) groups is 1. The number of amides is 1. The lowest BCUT2D eigenvalue weighted by Crippen LogP contribution is -2.28. The third-order valence-electron chi connectivity index (χ3n) is 3.43. The zero-order valence-electron chi connectivity index (χ0n) is 11.6. The van der Waals surface area contributed by atoms with Crippen molar-refractivity contribution in [3.05, 3.63) is 69.8 Å². The Morgan fingerprint density at radius 1 is 1.17 bits per heavy atom. The molecular weight excluding hydrogens is 326 g/mol. The van der Waals surface area contributed by atoms with Gasteiger partial charge in [-0.3, -0.25) is 19.8 Å². The third kappa shape index (κ3) is 2.89. The van der Waals surface area contributed by atoms with Crippen LogP contribution in [0.15, 0.2) is 42.5 Å². The fourth-order valence-corrected chi connectivity index (χ4v) is 3.54. The van der Waals surface area contributed by atoms with E-state index in [0.717, 1.165) is 12.1 Å². The van der Waals surface area contributed by atoms with Crippen LogP contribution in [0.5, 0.6) is 0 Å². The molecule has 0 bridgehead atoms. The van der Waals surface area contributed by atoms with Crippen molar-refractivity contribution in [2.45, 2.75) is 5.37 Å². The van der Waals surface area contributed by atoms with Crippen molar-refractivity contribution in [1.82, 2.24) is 0 Å². The molecule has 1 aliphatic heterocycles. The van der Waals surface area contributed by atoms with Crippen molar-refractivity contribution < 1.29 is 18.5 Å². The van der Waals surface area contributed by atoms with Crippen LogP contribution in [0.3, 0.4) is 0 Å². The lowest BCUT2D eigenvalue weighted by atomic mass is 10.1. The first-order valence-electron chi connectivity index (χ1n) is 6.60. The lowest BCUT2D eigenvalue weighted by Gasteiger charge is -2.24. The van der Waals surface area contributed by atoms with Crippen LogP contribution < -0.4 is 4.90 Å². The summed E-state index contributed by atoms with van der Waals surface area (Å²) in [6.07, 6.45) is 0. The molecule has 2 aromatic rings. The van der Waals surface area contributed by atoms with Gasteiger partial charge in [-0.15, -0.1) is 11.8 Å². The maximum absolute atomic E-state index is 14.0. The molecule has 1 amide bonds. The molecule has 1 heterocycles. The Balaban J connectivity index is 1.98. The number of nitro groups is 1. The minimum Gasteiger partial charge on any atom is -0.292 e. The number of carbonyl (C=O) groups is 1. The first-order chi connectivity index (χ1) is 11.0. The van der Waals surface area contributed by atoms with E-state index in [1.165, 1.54) is 47.0 Å². The molecule has 0 unspecified atom stereocenters. The van der Waals surface area contributed by atoms with Crippen molar-refractivity contribution in [3.63, 3.8) is 0 Å². The van der Waals surface area contributed by atoms with Crippen molar-refractivity contribution in [2.24, 2.45) is 0 Å². The molecule has 1 fully saturated rings. The topological polar surface area (TPSA) is 63.4 Å². The fourth-order valence-electron chi connectivity index (χ4n) is 2.37. The van der Waals surface area contributed by atoms with Gasteiger partial charge in [0, 0.05) is 18.2 Å². The smallest absolute Gasteiger partial charge is 0.269 e. The minimum absolute atomic E-state index is 0.00949. The maximum Gasteiger partial charge on any atom is 0.269 e. The first kappa shape index (κ1) is 15.4. The van der Waals surface area contributed by atoms with Crippen molar-refractivity contribution in [1.29, 1.82) is 0 Å². The summed E-state index contributed by atoms with van der Waals surface area (Å²) in [7, 11) is 0. The molecule has 0 radical (unpaired) electrons. The van der Waals surface area contributed by atoms with Gasteiger partial charge in [-0.1, -0.05) is 0 Å². The predicted molar refractivity (Wildman–Crippen MR) is 82.1 cm³/mol. The third-order valence-corrected chi connectivity index (χ3v) is 4.64. The number of hydrogen-bond acceptors (Lipinski definition) is 4. The second-order valence-electron chi connectivity index (χ2n) is 4.87. The van der Waals surface area contributed by atoms with Crippen molar-refractivity contribution >= 4 is 29.0 Å². The van der Waals surface area contributed by atoms with E-state index in [0.29, 0.717) is 5.56 Å². The zero-order chi connectivity index (χ0) is 16.6. The Bertz CT molecular complexity index is 783. The highest BCUT2D eigenvalue weighted by Gasteiger charge is 2.35. The highest BCUT2D eigenvalue weighted by Crippen LogP contribution is 2.42. The Morgan fingerprint density at radius 2 is 1.87 bits per heavy atom. The van der Waals surface area contributed by atoms with Crippen LogP contribution in [0.2, 0.25) is 0 Å². The van der Waals surface area contributed by atoms with E-state index >= 15 is 0 Å². The summed E-state index contributed by atoms with van der Waals surface area (Å²) in [6, 6.07) is 8.74. The number of nitrogens with zero attached hydrogens (tertiary/aromatic N) is 2. The number of carbonyl (C=O) groups excluding carboxylic acids is 1. The van der Waals surface area contributed by atoms with Gasteiger partial charge in [0.05, 0.1) is 16.4 Å². The van der Waals surface area contributed by atoms with Crippen LogP contribution in [0.4, 0.5) is 20.2 Å². The van der Waals surface area contributed by atoms with Gasteiger partial charge in [0.2, 0.25) is 5.91 Å². The molecule has 118 valence electrons. The van der Waals surface area contributed by atoms with E-state index in [9.17, 15) is 23.7 Å². The van der Waals surface area contributed by atoms with Gasteiger partial charge in [0.1, 0.15) is 17.0 Å². The molecule has 3 rings (SSSR count). The summed E-state index contributed by atoms with van der Waals surface area (Å²) in [5, 5.41) is 10.2. The number of nitro benzene ring substituents is 1. The van der Waals surface area contributed by atoms with E-state index in [1.54, 1.807) is 0 Å². The van der Waals surface area contributed by atoms with Gasteiger partial charge in [-0.25, -0.2) is 8.78 Å². The molecule has 0 spiro atoms. The molecule has 23 heavy (non-hydrogen) atoms. The molecule has 0 aliphatic carbocycles. The van der Waals surface area contributed by atoms with E-state index < -0.39 is 21.9 Å². The maximum atomic E-state index is 14.0. The van der Waals surface area contributed by atoms with Crippen molar-refractivity contribution in [2.75, 3.05) is 10.7 Å². The van der Waals surface area contributed by atoms with Crippen LogP contribution in [-0.2, 0) is 4.79 Å². The van der Waals surface area contributed by atoms with Crippen molar-refractivity contribution in [3.8, 4) is 0 Å². The molecule has 0 N–H and O–H groups in total. The minimum atomic E-state index is -0.826. The molecule has 5 nitrogen and oxygen atoms in total. The van der Waals surface area contributed by atoms with Gasteiger partial charge < -0.3 is 0 Å². The lowest BCUT2D eigenvalue weighted by molar-refractivity contribution is -0.384. The van der Waals surface area contributed by atoms with E-state index in [-0.39, 0.29) is 23.0 Å².